The predicted molar refractivity (Wildman–Crippen MR) is 169 cm³/mol. The minimum atomic E-state index is -0.207. The van der Waals surface area contributed by atoms with Crippen molar-refractivity contribution in [2.45, 2.75) is 19.7 Å². The molecule has 9 nitrogen and oxygen atoms in total. The van der Waals surface area contributed by atoms with Crippen LogP contribution >= 0.6 is 0 Å². The second-order valence-electron chi connectivity index (χ2n) is 10.0. The van der Waals surface area contributed by atoms with Crippen molar-refractivity contribution >= 4 is 16.7 Å². The van der Waals surface area contributed by atoms with Gasteiger partial charge in [0.05, 0.1) is 37.9 Å². The number of hydrogen-bond acceptors (Lipinski definition) is 8. The van der Waals surface area contributed by atoms with E-state index in [-0.39, 0.29) is 17.8 Å². The summed E-state index contributed by atoms with van der Waals surface area (Å²) in [5.74, 6) is 1.24. The SMILES string of the molecule is O=c1c(OCc2ccccc2)c(-c2ccc(OCCOCCn3cc(CNc4ccccc4)nn3)cc2)oc2ccccc12. The molecule has 0 atom stereocenters. The van der Waals surface area contributed by atoms with Crippen LogP contribution in [0.2, 0.25) is 0 Å². The molecule has 44 heavy (non-hydrogen) atoms. The van der Waals surface area contributed by atoms with Crippen molar-refractivity contribution in [2.75, 3.05) is 25.1 Å². The fraction of sp³-hybridized carbons (Fsp3) is 0.171. The number of anilines is 1. The third-order valence-electron chi connectivity index (χ3n) is 6.89. The maximum atomic E-state index is 13.4. The smallest absolute Gasteiger partial charge is 0.235 e. The Hall–Kier alpha value is -5.41. The number of para-hydroxylation sites is 2. The molecule has 2 aromatic heterocycles. The van der Waals surface area contributed by atoms with Crippen molar-refractivity contribution in [1.82, 2.24) is 15.0 Å². The van der Waals surface area contributed by atoms with Gasteiger partial charge in [0.15, 0.2) is 5.76 Å². The molecule has 0 radical (unpaired) electrons. The van der Waals surface area contributed by atoms with Gasteiger partial charge < -0.3 is 23.9 Å². The number of hydrogen-bond donors (Lipinski definition) is 1. The lowest BCUT2D eigenvalue weighted by atomic mass is 10.1. The Morgan fingerprint density at radius 1 is 0.773 bits per heavy atom. The first kappa shape index (κ1) is 28.7. The predicted octanol–water partition coefficient (Wildman–Crippen LogP) is 6.34. The Balaban J connectivity index is 1.00. The van der Waals surface area contributed by atoms with Crippen LogP contribution in [0, 0.1) is 0 Å². The lowest BCUT2D eigenvalue weighted by Gasteiger charge is -2.12. The molecule has 222 valence electrons. The summed E-state index contributed by atoms with van der Waals surface area (Å²) in [4.78, 5) is 13.4. The molecule has 6 aromatic rings. The van der Waals surface area contributed by atoms with Gasteiger partial charge in [0.1, 0.15) is 30.2 Å². The Morgan fingerprint density at radius 2 is 1.52 bits per heavy atom. The highest BCUT2D eigenvalue weighted by Gasteiger charge is 2.18. The van der Waals surface area contributed by atoms with Crippen LogP contribution in [0.3, 0.4) is 0 Å². The third kappa shape index (κ3) is 7.32. The van der Waals surface area contributed by atoms with E-state index in [0.717, 1.165) is 16.9 Å². The zero-order chi connectivity index (χ0) is 30.0. The molecule has 2 heterocycles. The van der Waals surface area contributed by atoms with Crippen molar-refractivity contribution in [1.29, 1.82) is 0 Å². The summed E-state index contributed by atoms with van der Waals surface area (Å²) in [6.07, 6.45) is 1.91. The minimum Gasteiger partial charge on any atom is -0.491 e. The molecular weight excluding hydrogens is 556 g/mol. The van der Waals surface area contributed by atoms with Crippen LogP contribution in [0.1, 0.15) is 11.3 Å². The number of fused-ring (bicyclic) bond motifs is 1. The van der Waals surface area contributed by atoms with Gasteiger partial charge in [-0.1, -0.05) is 65.9 Å². The van der Waals surface area contributed by atoms with Gasteiger partial charge in [0.25, 0.3) is 0 Å². The molecule has 0 aliphatic carbocycles. The first-order chi connectivity index (χ1) is 21.7. The molecule has 0 bridgehead atoms. The van der Waals surface area contributed by atoms with Crippen LogP contribution in [0.4, 0.5) is 5.69 Å². The van der Waals surface area contributed by atoms with Crippen LogP contribution in [-0.2, 0) is 24.4 Å². The molecule has 0 spiro atoms. The maximum Gasteiger partial charge on any atom is 0.235 e. The lowest BCUT2D eigenvalue weighted by Crippen LogP contribution is -2.12. The average Bonchev–Trinajstić information content (AvgIpc) is 3.54. The summed E-state index contributed by atoms with van der Waals surface area (Å²) in [5, 5.41) is 12.2. The summed E-state index contributed by atoms with van der Waals surface area (Å²) in [6, 6.07) is 34.3. The molecule has 0 unspecified atom stereocenters. The molecule has 1 N–H and O–H groups in total. The molecule has 0 fully saturated rings. The monoisotopic (exact) mass is 588 g/mol. The van der Waals surface area contributed by atoms with Crippen molar-refractivity contribution in [3.05, 3.63) is 137 Å². The molecule has 0 saturated carbocycles. The summed E-state index contributed by atoms with van der Waals surface area (Å²) >= 11 is 0. The first-order valence-electron chi connectivity index (χ1n) is 14.4. The average molecular weight is 589 g/mol. The van der Waals surface area contributed by atoms with Crippen molar-refractivity contribution in [2.24, 2.45) is 0 Å². The largest absolute Gasteiger partial charge is 0.491 e. The minimum absolute atomic E-state index is 0.182. The van der Waals surface area contributed by atoms with E-state index in [4.69, 9.17) is 18.6 Å². The standard InChI is InChI=1S/C35H32N4O5/c40-33-31-13-7-8-14-32(31)44-34(35(33)43-25-26-9-3-1-4-10-26)27-15-17-30(18-16-27)42-22-21-41-20-19-39-24-29(37-38-39)23-36-28-11-5-2-6-12-28/h1-18,24,36H,19-23,25H2. The van der Waals surface area contributed by atoms with E-state index in [9.17, 15) is 4.79 Å². The lowest BCUT2D eigenvalue weighted by molar-refractivity contribution is 0.0923. The van der Waals surface area contributed by atoms with Gasteiger partial charge in [-0.25, -0.2) is 4.68 Å². The van der Waals surface area contributed by atoms with Crippen LogP contribution in [-0.4, -0.2) is 34.8 Å². The molecule has 0 aliphatic rings. The quantitative estimate of drug-likeness (QED) is 0.147. The van der Waals surface area contributed by atoms with E-state index in [2.05, 4.69) is 15.6 Å². The topological polar surface area (TPSA) is 101 Å². The second kappa shape index (κ2) is 14.2. The number of benzene rings is 4. The zero-order valence-electron chi connectivity index (χ0n) is 24.1. The van der Waals surface area contributed by atoms with Crippen LogP contribution in [0.25, 0.3) is 22.3 Å². The maximum absolute atomic E-state index is 13.4. The summed E-state index contributed by atoms with van der Waals surface area (Å²) in [6.45, 7) is 2.76. The highest BCUT2D eigenvalue weighted by molar-refractivity contribution is 5.82. The number of nitrogens with one attached hydrogen (secondary N) is 1. The zero-order valence-corrected chi connectivity index (χ0v) is 24.1. The highest BCUT2D eigenvalue weighted by atomic mass is 16.5. The number of nitrogens with zero attached hydrogens (tertiary/aromatic N) is 3. The van der Waals surface area contributed by atoms with Gasteiger partial charge in [-0.05, 0) is 54.1 Å². The normalized spacial score (nSPS) is 11.0. The Morgan fingerprint density at radius 3 is 2.34 bits per heavy atom. The fourth-order valence-corrected chi connectivity index (χ4v) is 4.63. The van der Waals surface area contributed by atoms with Gasteiger partial charge in [-0.2, -0.15) is 0 Å². The highest BCUT2D eigenvalue weighted by Crippen LogP contribution is 2.32. The van der Waals surface area contributed by atoms with E-state index in [1.165, 1.54) is 0 Å². The van der Waals surface area contributed by atoms with E-state index >= 15 is 0 Å². The summed E-state index contributed by atoms with van der Waals surface area (Å²) in [5.41, 5.74) is 3.87. The Kier molecular flexibility index (Phi) is 9.24. The van der Waals surface area contributed by atoms with E-state index in [1.54, 1.807) is 16.8 Å². The number of aromatic nitrogens is 3. The van der Waals surface area contributed by atoms with E-state index in [1.807, 2.05) is 103 Å². The van der Waals surface area contributed by atoms with Gasteiger partial charge in [0.2, 0.25) is 11.2 Å². The molecule has 0 aliphatic heterocycles. The van der Waals surface area contributed by atoms with Crippen molar-refractivity contribution in [3.63, 3.8) is 0 Å². The van der Waals surface area contributed by atoms with Gasteiger partial charge >= 0.3 is 0 Å². The summed E-state index contributed by atoms with van der Waals surface area (Å²) < 4.78 is 25.6. The van der Waals surface area contributed by atoms with E-state index < -0.39 is 0 Å². The third-order valence-corrected chi connectivity index (χ3v) is 6.89. The molecular formula is C35H32N4O5. The molecule has 4 aromatic carbocycles. The molecule has 6 rings (SSSR count). The van der Waals surface area contributed by atoms with Crippen LogP contribution < -0.4 is 20.2 Å². The van der Waals surface area contributed by atoms with Crippen LogP contribution in [0.15, 0.2) is 125 Å². The fourth-order valence-electron chi connectivity index (χ4n) is 4.63. The van der Waals surface area contributed by atoms with Crippen molar-refractivity contribution < 1.29 is 18.6 Å². The molecule has 0 saturated heterocycles. The van der Waals surface area contributed by atoms with Gasteiger partial charge in [-0.15, -0.1) is 5.10 Å². The number of ether oxygens (including phenoxy) is 3. The van der Waals surface area contributed by atoms with Crippen molar-refractivity contribution in [3.8, 4) is 22.8 Å². The Bertz CT molecular complexity index is 1840. The van der Waals surface area contributed by atoms with Gasteiger partial charge in [-0.3, -0.25) is 4.79 Å². The molecule has 9 heteroatoms. The van der Waals surface area contributed by atoms with E-state index in [0.29, 0.717) is 61.0 Å². The number of rotatable bonds is 14. The first-order valence-corrected chi connectivity index (χ1v) is 14.4. The van der Waals surface area contributed by atoms with Gasteiger partial charge in [0, 0.05) is 11.3 Å². The summed E-state index contributed by atoms with van der Waals surface area (Å²) in [7, 11) is 0. The van der Waals surface area contributed by atoms with Crippen LogP contribution in [0.5, 0.6) is 11.5 Å². The Labute approximate surface area is 254 Å². The molecule has 0 amide bonds. The second-order valence-corrected chi connectivity index (χ2v) is 10.0.